The topological polar surface area (TPSA) is 62.7 Å². The fourth-order valence-corrected chi connectivity index (χ4v) is 3.95. The number of amides is 2. The Hall–Kier alpha value is -3.10. The molecule has 0 radical (unpaired) electrons. The maximum absolute atomic E-state index is 13.4. The van der Waals surface area contributed by atoms with Gasteiger partial charge in [-0.15, -0.1) is 0 Å². The molecule has 2 heterocycles. The van der Waals surface area contributed by atoms with Gasteiger partial charge in [-0.2, -0.15) is 13.2 Å². The van der Waals surface area contributed by atoms with Crippen LogP contribution in [0.1, 0.15) is 45.1 Å². The van der Waals surface area contributed by atoms with Gasteiger partial charge in [0.15, 0.2) is 0 Å². The van der Waals surface area contributed by atoms with E-state index in [9.17, 15) is 22.8 Å². The number of ether oxygens (including phenoxy) is 1. The predicted molar refractivity (Wildman–Crippen MR) is 117 cm³/mol. The van der Waals surface area contributed by atoms with Gasteiger partial charge in [0.25, 0.3) is 5.91 Å². The number of allylic oxidation sites excluding steroid dienone is 3. The molecule has 0 spiro atoms. The number of rotatable bonds is 7. The summed E-state index contributed by atoms with van der Waals surface area (Å²) in [6.45, 7) is 4.21. The van der Waals surface area contributed by atoms with Crippen LogP contribution in [0.15, 0.2) is 53.4 Å². The van der Waals surface area contributed by atoms with Crippen molar-refractivity contribution >= 4 is 11.8 Å². The number of halogens is 3. The summed E-state index contributed by atoms with van der Waals surface area (Å²) in [5.74, 6) is -0.0207. The molecule has 0 fully saturated rings. The lowest BCUT2D eigenvalue weighted by atomic mass is 9.87. The monoisotopic (exact) mass is 463 g/mol. The Labute approximate surface area is 191 Å². The minimum Gasteiger partial charge on any atom is -0.475 e. The molecule has 0 saturated carbocycles. The van der Waals surface area contributed by atoms with Crippen LogP contribution in [0.5, 0.6) is 5.88 Å². The second-order valence-electron chi connectivity index (χ2n) is 8.13. The van der Waals surface area contributed by atoms with Crippen molar-refractivity contribution in [1.29, 1.82) is 0 Å². The number of carbonyl (C=O) groups excluding carboxylic acids is 2. The molecule has 1 aliphatic heterocycles. The Morgan fingerprint density at radius 1 is 1.27 bits per heavy atom. The van der Waals surface area contributed by atoms with Crippen molar-refractivity contribution < 1.29 is 27.5 Å². The molecule has 2 amide bonds. The Bertz CT molecular complexity index is 981. The van der Waals surface area contributed by atoms with E-state index in [0.29, 0.717) is 25.0 Å². The SMILES string of the molecule is CCN(C(=O)C1=C(C2=CN(C)C(=O)CC2)CCC=C1)[C@@H](C)COc1ccc(C(F)(F)F)cn1. The van der Waals surface area contributed by atoms with Crippen molar-refractivity contribution in [2.45, 2.75) is 51.7 Å². The number of likely N-dealkylation sites (N-methyl/N-ethyl adjacent to an activating group) is 1. The van der Waals surface area contributed by atoms with Crippen LogP contribution >= 0.6 is 0 Å². The predicted octanol–water partition coefficient (Wildman–Crippen LogP) is 4.50. The first kappa shape index (κ1) is 24.5. The number of carbonyl (C=O) groups is 2. The molecule has 1 atom stereocenters. The third-order valence-corrected chi connectivity index (χ3v) is 5.81. The van der Waals surface area contributed by atoms with Crippen molar-refractivity contribution in [1.82, 2.24) is 14.8 Å². The third kappa shape index (κ3) is 5.83. The smallest absolute Gasteiger partial charge is 0.417 e. The number of pyridine rings is 1. The van der Waals surface area contributed by atoms with Gasteiger partial charge in [0.05, 0.1) is 11.6 Å². The summed E-state index contributed by atoms with van der Waals surface area (Å²) >= 11 is 0. The summed E-state index contributed by atoms with van der Waals surface area (Å²) in [4.78, 5) is 32.2. The van der Waals surface area contributed by atoms with Crippen LogP contribution in [-0.2, 0) is 15.8 Å². The molecule has 3 rings (SSSR count). The number of nitrogens with zero attached hydrogens (tertiary/aromatic N) is 3. The van der Waals surface area contributed by atoms with Gasteiger partial charge >= 0.3 is 6.18 Å². The molecule has 0 unspecified atom stereocenters. The van der Waals surface area contributed by atoms with Crippen molar-refractivity contribution in [2.75, 3.05) is 20.2 Å². The number of alkyl halides is 3. The summed E-state index contributed by atoms with van der Waals surface area (Å²) in [6, 6.07) is 1.76. The molecule has 1 aromatic rings. The summed E-state index contributed by atoms with van der Waals surface area (Å²) in [5.41, 5.74) is 1.72. The van der Waals surface area contributed by atoms with Crippen LogP contribution in [0.2, 0.25) is 0 Å². The number of hydrogen-bond acceptors (Lipinski definition) is 4. The van der Waals surface area contributed by atoms with E-state index in [1.807, 2.05) is 32.2 Å². The highest BCUT2D eigenvalue weighted by atomic mass is 19.4. The second kappa shape index (κ2) is 10.2. The molecule has 9 heteroatoms. The quantitative estimate of drug-likeness (QED) is 0.598. The first-order valence-electron chi connectivity index (χ1n) is 10.9. The van der Waals surface area contributed by atoms with Gasteiger partial charge in [-0.05, 0) is 50.3 Å². The summed E-state index contributed by atoms with van der Waals surface area (Å²) in [5, 5.41) is 0. The maximum atomic E-state index is 13.4. The fraction of sp³-hybridized carbons (Fsp3) is 0.458. The number of aromatic nitrogens is 1. The maximum Gasteiger partial charge on any atom is 0.417 e. The van der Waals surface area contributed by atoms with Crippen molar-refractivity contribution in [2.24, 2.45) is 0 Å². The first-order valence-corrected chi connectivity index (χ1v) is 10.9. The second-order valence-corrected chi connectivity index (χ2v) is 8.13. The van der Waals surface area contributed by atoms with Crippen LogP contribution in [0.25, 0.3) is 0 Å². The number of hydrogen-bond donors (Lipinski definition) is 0. The van der Waals surface area contributed by atoms with Gasteiger partial charge in [-0.3, -0.25) is 9.59 Å². The van der Waals surface area contributed by atoms with Crippen LogP contribution in [0.4, 0.5) is 13.2 Å². The highest BCUT2D eigenvalue weighted by Gasteiger charge is 2.31. The molecule has 33 heavy (non-hydrogen) atoms. The minimum atomic E-state index is -4.46. The normalized spacial score (nSPS) is 17.7. The van der Waals surface area contributed by atoms with Crippen molar-refractivity contribution in [3.8, 4) is 5.88 Å². The van der Waals surface area contributed by atoms with Gasteiger partial charge < -0.3 is 14.5 Å². The molecule has 0 saturated heterocycles. The lowest BCUT2D eigenvalue weighted by Gasteiger charge is -2.31. The van der Waals surface area contributed by atoms with Gasteiger partial charge in [0, 0.05) is 44.0 Å². The zero-order chi connectivity index (χ0) is 24.2. The largest absolute Gasteiger partial charge is 0.475 e. The highest BCUT2D eigenvalue weighted by Crippen LogP contribution is 2.32. The molecule has 2 aliphatic rings. The summed E-state index contributed by atoms with van der Waals surface area (Å²) in [7, 11) is 1.72. The van der Waals surface area contributed by atoms with Gasteiger partial charge in [0.2, 0.25) is 11.8 Å². The Balaban J connectivity index is 1.73. The van der Waals surface area contributed by atoms with Crippen LogP contribution in [0.3, 0.4) is 0 Å². The minimum absolute atomic E-state index is 0.0522. The molecule has 178 valence electrons. The van der Waals surface area contributed by atoms with E-state index in [2.05, 4.69) is 4.98 Å². The van der Waals surface area contributed by atoms with Gasteiger partial charge in [0.1, 0.15) is 6.61 Å². The zero-order valence-electron chi connectivity index (χ0n) is 19.0. The van der Waals surface area contributed by atoms with Gasteiger partial charge in [-0.1, -0.05) is 12.2 Å². The van der Waals surface area contributed by atoms with E-state index in [1.165, 1.54) is 6.07 Å². The molecule has 0 bridgehead atoms. The van der Waals surface area contributed by atoms with Crippen LogP contribution < -0.4 is 4.74 Å². The first-order chi connectivity index (χ1) is 15.6. The Kier molecular flexibility index (Phi) is 7.61. The molecular formula is C24H28F3N3O3. The molecular weight excluding hydrogens is 435 g/mol. The van der Waals surface area contributed by atoms with Gasteiger partial charge in [-0.25, -0.2) is 4.98 Å². The average Bonchev–Trinajstić information content (AvgIpc) is 2.79. The average molecular weight is 464 g/mol. The standard InChI is InChI=1S/C24H28F3N3O3/c1-4-30(16(2)15-33-21-11-10-18(13-28-21)24(25,26)27)23(32)20-8-6-5-7-19(20)17-9-12-22(31)29(3)14-17/h6,8,10-11,13-14,16H,4-5,7,9,12,15H2,1-3H3/t16-/m0/s1. The molecule has 1 aromatic heterocycles. The van der Waals surface area contributed by atoms with Crippen LogP contribution in [0, 0.1) is 0 Å². The molecule has 1 aliphatic carbocycles. The lowest BCUT2D eigenvalue weighted by Crippen LogP contribution is -2.42. The molecule has 0 N–H and O–H groups in total. The zero-order valence-corrected chi connectivity index (χ0v) is 19.0. The van der Waals surface area contributed by atoms with E-state index >= 15 is 0 Å². The van der Waals surface area contributed by atoms with Crippen molar-refractivity contribution in [3.05, 3.63) is 59.0 Å². The van der Waals surface area contributed by atoms with Crippen LogP contribution in [-0.4, -0.2) is 52.8 Å². The van der Waals surface area contributed by atoms with E-state index in [-0.39, 0.29) is 30.3 Å². The van der Waals surface area contributed by atoms with Crippen molar-refractivity contribution in [3.63, 3.8) is 0 Å². The fourth-order valence-electron chi connectivity index (χ4n) is 3.95. The Morgan fingerprint density at radius 3 is 2.64 bits per heavy atom. The van der Waals surface area contributed by atoms with E-state index in [4.69, 9.17) is 4.74 Å². The molecule has 0 aromatic carbocycles. The highest BCUT2D eigenvalue weighted by molar-refractivity contribution is 5.98. The van der Waals surface area contributed by atoms with E-state index in [1.54, 1.807) is 16.8 Å². The summed E-state index contributed by atoms with van der Waals surface area (Å²) in [6.07, 6.45) is 4.46. The lowest BCUT2D eigenvalue weighted by molar-refractivity contribution is -0.138. The van der Waals surface area contributed by atoms with E-state index in [0.717, 1.165) is 36.3 Å². The third-order valence-electron chi connectivity index (χ3n) is 5.81. The summed E-state index contributed by atoms with van der Waals surface area (Å²) < 4.78 is 43.7. The van der Waals surface area contributed by atoms with E-state index < -0.39 is 11.7 Å². The Morgan fingerprint density at radius 2 is 2.03 bits per heavy atom. The molecule has 6 nitrogen and oxygen atoms in total.